The molecule has 16 heavy (non-hydrogen) atoms. The first-order valence-electron chi connectivity index (χ1n) is 6.88. The fraction of sp³-hybridized carbons (Fsp3) is 1.00. The normalized spacial score (nSPS) is 35.4. The molecule has 2 heteroatoms. The van der Waals surface area contributed by atoms with Crippen LogP contribution in [0.4, 0.5) is 0 Å². The van der Waals surface area contributed by atoms with Crippen molar-refractivity contribution in [1.29, 1.82) is 0 Å². The standard InChI is InChI=1S/C14H26O2/c1-11-5-3-6-12(9-11)13(15)10-14(16-2)7-4-8-14/h11-13,15H,3-10H2,1-2H3. The van der Waals surface area contributed by atoms with Crippen molar-refractivity contribution < 1.29 is 9.84 Å². The zero-order valence-corrected chi connectivity index (χ0v) is 10.7. The monoisotopic (exact) mass is 226 g/mol. The number of aliphatic hydroxyl groups excluding tert-OH is 1. The van der Waals surface area contributed by atoms with Crippen molar-refractivity contribution in [3.63, 3.8) is 0 Å². The van der Waals surface area contributed by atoms with Crippen molar-refractivity contribution in [1.82, 2.24) is 0 Å². The average molecular weight is 226 g/mol. The number of rotatable bonds is 4. The summed E-state index contributed by atoms with van der Waals surface area (Å²) in [5.41, 5.74) is 0.0279. The highest BCUT2D eigenvalue weighted by Crippen LogP contribution is 2.42. The zero-order valence-electron chi connectivity index (χ0n) is 10.7. The van der Waals surface area contributed by atoms with Crippen LogP contribution >= 0.6 is 0 Å². The molecule has 3 atom stereocenters. The van der Waals surface area contributed by atoms with Crippen LogP contribution in [0.3, 0.4) is 0 Å². The van der Waals surface area contributed by atoms with E-state index in [1.54, 1.807) is 7.11 Å². The topological polar surface area (TPSA) is 29.5 Å². The molecular formula is C14H26O2. The second kappa shape index (κ2) is 5.05. The highest BCUT2D eigenvalue weighted by Gasteiger charge is 2.40. The predicted octanol–water partition coefficient (Wildman–Crippen LogP) is 3.13. The SMILES string of the molecule is COC1(CC(O)C2CCCC(C)C2)CCC1. The van der Waals surface area contributed by atoms with Crippen molar-refractivity contribution in [3.8, 4) is 0 Å². The van der Waals surface area contributed by atoms with Gasteiger partial charge in [-0.05, 0) is 43.9 Å². The van der Waals surface area contributed by atoms with Crippen LogP contribution in [-0.4, -0.2) is 23.9 Å². The third-order valence-electron chi connectivity index (χ3n) is 4.80. The lowest BCUT2D eigenvalue weighted by Crippen LogP contribution is -2.44. The number of ether oxygens (including phenoxy) is 1. The molecule has 2 fully saturated rings. The zero-order chi connectivity index (χ0) is 11.6. The van der Waals surface area contributed by atoms with Gasteiger partial charge in [0, 0.05) is 13.5 Å². The molecule has 0 aromatic heterocycles. The maximum absolute atomic E-state index is 10.3. The Morgan fingerprint density at radius 3 is 2.56 bits per heavy atom. The van der Waals surface area contributed by atoms with E-state index in [9.17, 15) is 5.11 Å². The van der Waals surface area contributed by atoms with Gasteiger partial charge in [-0.2, -0.15) is 0 Å². The minimum absolute atomic E-state index is 0.0279. The van der Waals surface area contributed by atoms with Gasteiger partial charge in [-0.3, -0.25) is 0 Å². The van der Waals surface area contributed by atoms with Gasteiger partial charge in [0.2, 0.25) is 0 Å². The first kappa shape index (κ1) is 12.4. The first-order valence-corrected chi connectivity index (χ1v) is 6.88. The molecule has 94 valence electrons. The summed E-state index contributed by atoms with van der Waals surface area (Å²) in [4.78, 5) is 0. The third-order valence-corrected chi connectivity index (χ3v) is 4.80. The van der Waals surface area contributed by atoms with Gasteiger partial charge >= 0.3 is 0 Å². The Morgan fingerprint density at radius 1 is 1.31 bits per heavy atom. The van der Waals surface area contributed by atoms with Crippen LogP contribution in [0.5, 0.6) is 0 Å². The van der Waals surface area contributed by atoms with Crippen LogP contribution in [0.2, 0.25) is 0 Å². The van der Waals surface area contributed by atoms with Gasteiger partial charge in [-0.15, -0.1) is 0 Å². The van der Waals surface area contributed by atoms with Crippen molar-refractivity contribution in [2.24, 2.45) is 11.8 Å². The van der Waals surface area contributed by atoms with Crippen molar-refractivity contribution in [2.45, 2.75) is 70.0 Å². The smallest absolute Gasteiger partial charge is 0.0703 e. The van der Waals surface area contributed by atoms with E-state index in [-0.39, 0.29) is 11.7 Å². The van der Waals surface area contributed by atoms with E-state index >= 15 is 0 Å². The molecule has 0 heterocycles. The molecule has 0 saturated heterocycles. The summed E-state index contributed by atoms with van der Waals surface area (Å²) in [6.45, 7) is 2.31. The highest BCUT2D eigenvalue weighted by atomic mass is 16.5. The number of methoxy groups -OCH3 is 1. The van der Waals surface area contributed by atoms with Gasteiger partial charge in [0.05, 0.1) is 11.7 Å². The summed E-state index contributed by atoms with van der Waals surface area (Å²) in [5.74, 6) is 1.32. The quantitative estimate of drug-likeness (QED) is 0.798. The van der Waals surface area contributed by atoms with Gasteiger partial charge in [0.1, 0.15) is 0 Å². The predicted molar refractivity (Wildman–Crippen MR) is 65.3 cm³/mol. The average Bonchev–Trinajstić information content (AvgIpc) is 2.23. The lowest BCUT2D eigenvalue weighted by molar-refractivity contribution is -0.110. The minimum atomic E-state index is -0.136. The van der Waals surface area contributed by atoms with E-state index < -0.39 is 0 Å². The Hall–Kier alpha value is -0.0800. The molecule has 0 amide bonds. The van der Waals surface area contributed by atoms with Crippen LogP contribution in [-0.2, 0) is 4.74 Å². The maximum atomic E-state index is 10.3. The molecule has 0 bridgehead atoms. The lowest BCUT2D eigenvalue weighted by atomic mass is 9.71. The molecule has 0 spiro atoms. The fourth-order valence-corrected chi connectivity index (χ4v) is 3.44. The Balaban J connectivity index is 1.84. The summed E-state index contributed by atoms with van der Waals surface area (Å²) in [6.07, 6.45) is 9.34. The fourth-order valence-electron chi connectivity index (χ4n) is 3.44. The Kier molecular flexibility index (Phi) is 3.91. The Labute approximate surface area is 99.4 Å². The van der Waals surface area contributed by atoms with Crippen molar-refractivity contribution in [2.75, 3.05) is 7.11 Å². The van der Waals surface area contributed by atoms with Crippen LogP contribution in [0.15, 0.2) is 0 Å². The van der Waals surface area contributed by atoms with Crippen LogP contribution in [0.25, 0.3) is 0 Å². The molecule has 2 aliphatic carbocycles. The Bertz CT molecular complexity index is 217. The minimum Gasteiger partial charge on any atom is -0.393 e. The lowest BCUT2D eigenvalue weighted by Gasteiger charge is -2.43. The molecule has 2 nitrogen and oxygen atoms in total. The summed E-state index contributed by atoms with van der Waals surface area (Å²) >= 11 is 0. The van der Waals surface area contributed by atoms with E-state index in [4.69, 9.17) is 4.74 Å². The van der Waals surface area contributed by atoms with E-state index in [2.05, 4.69) is 6.92 Å². The molecule has 1 N–H and O–H groups in total. The summed E-state index contributed by atoms with van der Waals surface area (Å²) in [6, 6.07) is 0. The van der Waals surface area contributed by atoms with Gasteiger partial charge in [0.25, 0.3) is 0 Å². The maximum Gasteiger partial charge on any atom is 0.0703 e. The molecule has 2 aliphatic rings. The molecule has 2 rings (SSSR count). The van der Waals surface area contributed by atoms with Crippen molar-refractivity contribution in [3.05, 3.63) is 0 Å². The molecule has 0 aliphatic heterocycles. The van der Waals surface area contributed by atoms with Crippen LogP contribution in [0.1, 0.15) is 58.3 Å². The van der Waals surface area contributed by atoms with E-state index in [1.165, 1.54) is 32.1 Å². The van der Waals surface area contributed by atoms with Crippen LogP contribution in [0, 0.1) is 11.8 Å². The highest BCUT2D eigenvalue weighted by molar-refractivity contribution is 4.93. The van der Waals surface area contributed by atoms with E-state index in [0.29, 0.717) is 5.92 Å². The number of hydrogen-bond acceptors (Lipinski definition) is 2. The summed E-state index contributed by atoms with van der Waals surface area (Å²) < 4.78 is 5.60. The van der Waals surface area contributed by atoms with Crippen molar-refractivity contribution >= 4 is 0 Å². The molecule has 3 unspecified atom stereocenters. The molecular weight excluding hydrogens is 200 g/mol. The van der Waals surface area contributed by atoms with E-state index in [0.717, 1.165) is 25.2 Å². The molecule has 0 aromatic carbocycles. The largest absolute Gasteiger partial charge is 0.393 e. The van der Waals surface area contributed by atoms with Gasteiger partial charge in [0.15, 0.2) is 0 Å². The van der Waals surface area contributed by atoms with Gasteiger partial charge < -0.3 is 9.84 Å². The number of aliphatic hydroxyl groups is 1. The summed E-state index contributed by atoms with van der Waals surface area (Å²) in [7, 11) is 1.80. The molecule has 0 aromatic rings. The molecule has 2 saturated carbocycles. The van der Waals surface area contributed by atoms with Gasteiger partial charge in [-0.1, -0.05) is 19.8 Å². The second-order valence-electron chi connectivity index (χ2n) is 6.04. The Morgan fingerprint density at radius 2 is 2.06 bits per heavy atom. The van der Waals surface area contributed by atoms with Crippen LogP contribution < -0.4 is 0 Å². The number of hydrogen-bond donors (Lipinski definition) is 1. The first-order chi connectivity index (χ1) is 7.65. The van der Waals surface area contributed by atoms with Gasteiger partial charge in [-0.25, -0.2) is 0 Å². The third kappa shape index (κ3) is 2.60. The second-order valence-corrected chi connectivity index (χ2v) is 6.04. The van der Waals surface area contributed by atoms with E-state index in [1.807, 2.05) is 0 Å². The molecule has 0 radical (unpaired) electrons. The summed E-state index contributed by atoms with van der Waals surface area (Å²) in [5, 5.41) is 10.3.